The lowest BCUT2D eigenvalue weighted by Crippen LogP contribution is -2.14. The Morgan fingerprint density at radius 2 is 2.18 bits per heavy atom. The van der Waals surface area contributed by atoms with Crippen molar-refractivity contribution in [3.05, 3.63) is 46.0 Å². The molecule has 0 aliphatic rings. The molecule has 88 valence electrons. The average Bonchev–Trinajstić information content (AvgIpc) is 2.28. The van der Waals surface area contributed by atoms with Crippen molar-refractivity contribution in [2.75, 3.05) is 0 Å². The predicted octanol–water partition coefficient (Wildman–Crippen LogP) is 1.68. The first kappa shape index (κ1) is 11.3. The summed E-state index contributed by atoms with van der Waals surface area (Å²) in [6.45, 7) is 0. The van der Waals surface area contributed by atoms with Crippen molar-refractivity contribution in [3.63, 3.8) is 0 Å². The molecule has 4 nitrogen and oxygen atoms in total. The molecule has 2 rings (SSSR count). The van der Waals surface area contributed by atoms with Crippen LogP contribution in [0.3, 0.4) is 0 Å². The first-order chi connectivity index (χ1) is 8.08. The molecule has 2 aromatic rings. The first-order valence-electron chi connectivity index (χ1n) is 5.10. The number of hydrogen-bond donors (Lipinski definition) is 2. The standard InChI is InChI=1S/C12H10FNO3/c13-9-3-1-2-7-6-8(4-5-10(15)16)12(17)14-11(7)9/h1-3,6H,4-5H2,(H,14,17)(H,15,16). The minimum Gasteiger partial charge on any atom is -0.481 e. The van der Waals surface area contributed by atoms with Crippen molar-refractivity contribution < 1.29 is 14.3 Å². The Kier molecular flexibility index (Phi) is 2.91. The number of aliphatic carboxylic acids is 1. The van der Waals surface area contributed by atoms with E-state index >= 15 is 0 Å². The van der Waals surface area contributed by atoms with Gasteiger partial charge in [0.15, 0.2) is 0 Å². The van der Waals surface area contributed by atoms with Crippen molar-refractivity contribution in [1.82, 2.24) is 4.98 Å². The number of aryl methyl sites for hydroxylation is 1. The minimum atomic E-state index is -0.969. The Labute approximate surface area is 95.7 Å². The number of benzene rings is 1. The molecule has 1 aromatic heterocycles. The molecule has 17 heavy (non-hydrogen) atoms. The summed E-state index contributed by atoms with van der Waals surface area (Å²) in [7, 11) is 0. The van der Waals surface area contributed by atoms with Gasteiger partial charge in [-0.1, -0.05) is 12.1 Å². The van der Waals surface area contributed by atoms with Gasteiger partial charge in [0, 0.05) is 17.4 Å². The largest absolute Gasteiger partial charge is 0.481 e. The van der Waals surface area contributed by atoms with Crippen LogP contribution >= 0.6 is 0 Å². The molecule has 0 aliphatic carbocycles. The summed E-state index contributed by atoms with van der Waals surface area (Å²) >= 11 is 0. The lowest BCUT2D eigenvalue weighted by Gasteiger charge is -2.02. The maximum atomic E-state index is 13.3. The summed E-state index contributed by atoms with van der Waals surface area (Å²) in [5, 5.41) is 9.11. The van der Waals surface area contributed by atoms with Gasteiger partial charge in [-0.25, -0.2) is 4.39 Å². The molecule has 0 bridgehead atoms. The van der Waals surface area contributed by atoms with Crippen molar-refractivity contribution in [1.29, 1.82) is 0 Å². The first-order valence-corrected chi connectivity index (χ1v) is 5.10. The number of hydrogen-bond acceptors (Lipinski definition) is 2. The molecule has 1 heterocycles. The van der Waals surface area contributed by atoms with E-state index in [1.807, 2.05) is 0 Å². The molecule has 0 saturated heterocycles. The Morgan fingerprint density at radius 3 is 2.88 bits per heavy atom. The fourth-order valence-electron chi connectivity index (χ4n) is 1.67. The van der Waals surface area contributed by atoms with Crippen LogP contribution in [0.4, 0.5) is 4.39 Å². The molecule has 5 heteroatoms. The highest BCUT2D eigenvalue weighted by Gasteiger charge is 2.07. The summed E-state index contributed by atoms with van der Waals surface area (Å²) in [4.78, 5) is 24.4. The van der Waals surface area contributed by atoms with E-state index in [1.54, 1.807) is 6.07 Å². The molecule has 2 N–H and O–H groups in total. The van der Waals surface area contributed by atoms with Crippen LogP contribution in [0, 0.1) is 5.82 Å². The summed E-state index contributed by atoms with van der Waals surface area (Å²) in [6, 6.07) is 5.99. The van der Waals surface area contributed by atoms with Gasteiger partial charge in [-0.15, -0.1) is 0 Å². The SMILES string of the molecule is O=C(O)CCc1cc2cccc(F)c2[nH]c1=O. The number of aromatic amines is 1. The van der Waals surface area contributed by atoms with Crippen molar-refractivity contribution in [2.24, 2.45) is 0 Å². The van der Waals surface area contributed by atoms with Gasteiger partial charge in [0.2, 0.25) is 0 Å². The molecule has 0 spiro atoms. The number of carboxylic acid groups (broad SMARTS) is 1. The van der Waals surface area contributed by atoms with Crippen LogP contribution in [0.1, 0.15) is 12.0 Å². The lowest BCUT2D eigenvalue weighted by atomic mass is 10.1. The molecule has 0 aliphatic heterocycles. The van der Waals surface area contributed by atoms with Gasteiger partial charge >= 0.3 is 5.97 Å². The normalized spacial score (nSPS) is 10.6. The van der Waals surface area contributed by atoms with E-state index in [-0.39, 0.29) is 18.4 Å². The number of halogens is 1. The Hall–Kier alpha value is -2.17. The van der Waals surface area contributed by atoms with Gasteiger partial charge in [-0.3, -0.25) is 9.59 Å². The minimum absolute atomic E-state index is 0.121. The third-order valence-corrected chi connectivity index (χ3v) is 2.51. The second kappa shape index (κ2) is 4.37. The van der Waals surface area contributed by atoms with E-state index in [0.717, 1.165) is 0 Å². The quantitative estimate of drug-likeness (QED) is 0.850. The highest BCUT2D eigenvalue weighted by Crippen LogP contribution is 2.14. The average molecular weight is 235 g/mol. The van der Waals surface area contributed by atoms with Crippen LogP contribution in [0.5, 0.6) is 0 Å². The fraction of sp³-hybridized carbons (Fsp3) is 0.167. The van der Waals surface area contributed by atoms with E-state index in [1.165, 1.54) is 18.2 Å². The number of para-hydroxylation sites is 1. The molecule has 0 unspecified atom stereocenters. The monoisotopic (exact) mass is 235 g/mol. The predicted molar refractivity (Wildman–Crippen MR) is 60.5 cm³/mol. The fourth-order valence-corrected chi connectivity index (χ4v) is 1.67. The summed E-state index contributed by atoms with van der Waals surface area (Å²) in [5.41, 5.74) is 0.0610. The number of rotatable bonds is 3. The number of aromatic nitrogens is 1. The van der Waals surface area contributed by atoms with Gasteiger partial charge in [0.05, 0.1) is 5.52 Å². The smallest absolute Gasteiger partial charge is 0.303 e. The summed E-state index contributed by atoms with van der Waals surface area (Å²) in [6.07, 6.45) is 0.0149. The molecule has 1 aromatic carbocycles. The highest BCUT2D eigenvalue weighted by molar-refractivity contribution is 5.79. The zero-order chi connectivity index (χ0) is 12.4. The van der Waals surface area contributed by atoms with E-state index in [4.69, 9.17) is 5.11 Å². The molecular weight excluding hydrogens is 225 g/mol. The highest BCUT2D eigenvalue weighted by atomic mass is 19.1. The molecule has 0 atom stereocenters. The van der Waals surface area contributed by atoms with Gasteiger partial charge in [-0.2, -0.15) is 0 Å². The number of nitrogens with one attached hydrogen (secondary N) is 1. The Bertz CT molecular complexity index is 633. The van der Waals surface area contributed by atoms with Crippen molar-refractivity contribution >= 4 is 16.9 Å². The summed E-state index contributed by atoms with van der Waals surface area (Å²) < 4.78 is 13.3. The van der Waals surface area contributed by atoms with Crippen LogP contribution in [0.25, 0.3) is 10.9 Å². The number of pyridine rings is 1. The van der Waals surface area contributed by atoms with Crippen molar-refractivity contribution in [3.8, 4) is 0 Å². The van der Waals surface area contributed by atoms with Gasteiger partial charge in [-0.05, 0) is 18.6 Å². The van der Waals surface area contributed by atoms with E-state index in [9.17, 15) is 14.0 Å². The summed E-state index contributed by atoms with van der Waals surface area (Å²) in [5.74, 6) is -1.46. The van der Waals surface area contributed by atoms with E-state index in [0.29, 0.717) is 10.9 Å². The van der Waals surface area contributed by atoms with E-state index in [2.05, 4.69) is 4.98 Å². The van der Waals surface area contributed by atoms with Crippen LogP contribution < -0.4 is 5.56 Å². The maximum Gasteiger partial charge on any atom is 0.303 e. The van der Waals surface area contributed by atoms with Crippen LogP contribution in [-0.2, 0) is 11.2 Å². The maximum absolute atomic E-state index is 13.3. The second-order valence-electron chi connectivity index (χ2n) is 3.72. The number of carbonyl (C=O) groups is 1. The van der Waals surface area contributed by atoms with E-state index < -0.39 is 17.3 Å². The lowest BCUT2D eigenvalue weighted by molar-refractivity contribution is -0.136. The van der Waals surface area contributed by atoms with Gasteiger partial charge in [0.1, 0.15) is 5.82 Å². The van der Waals surface area contributed by atoms with Crippen molar-refractivity contribution in [2.45, 2.75) is 12.8 Å². The topological polar surface area (TPSA) is 70.2 Å². The molecule has 0 saturated carbocycles. The molecule has 0 fully saturated rings. The van der Waals surface area contributed by atoms with Crippen LogP contribution in [-0.4, -0.2) is 16.1 Å². The Morgan fingerprint density at radius 1 is 1.41 bits per heavy atom. The molecule has 0 amide bonds. The van der Waals surface area contributed by atoms with Crippen LogP contribution in [0.15, 0.2) is 29.1 Å². The van der Waals surface area contributed by atoms with Gasteiger partial charge < -0.3 is 10.1 Å². The number of carboxylic acids is 1. The number of fused-ring (bicyclic) bond motifs is 1. The second-order valence-corrected chi connectivity index (χ2v) is 3.72. The Balaban J connectivity index is 2.49. The molecule has 0 radical (unpaired) electrons. The number of H-pyrrole nitrogens is 1. The van der Waals surface area contributed by atoms with Gasteiger partial charge in [0.25, 0.3) is 5.56 Å². The molecular formula is C12H10FNO3. The zero-order valence-electron chi connectivity index (χ0n) is 8.87. The third kappa shape index (κ3) is 2.33. The zero-order valence-corrected chi connectivity index (χ0v) is 8.87. The van der Waals surface area contributed by atoms with Crippen LogP contribution in [0.2, 0.25) is 0 Å². The third-order valence-electron chi connectivity index (χ3n) is 2.51.